The second kappa shape index (κ2) is 3.59. The van der Waals surface area contributed by atoms with E-state index in [1.807, 2.05) is 0 Å². The molecule has 1 rings (SSSR count). The smallest absolute Gasteiger partial charge is 0.117 e. The van der Waals surface area contributed by atoms with Crippen LogP contribution in [0.2, 0.25) is 0 Å². The lowest BCUT2D eigenvalue weighted by Gasteiger charge is -2.18. The highest BCUT2D eigenvalue weighted by molar-refractivity contribution is 8.21. The molecule has 0 aromatic rings. The molecule has 0 bridgehead atoms. The summed E-state index contributed by atoms with van der Waals surface area (Å²) in [5.74, 6) is 0. The minimum Gasteiger partial charge on any atom is -0.366 e. The van der Waals surface area contributed by atoms with Crippen molar-refractivity contribution in [3.8, 4) is 0 Å². The monoisotopic (exact) mass is 152 g/mol. The van der Waals surface area contributed by atoms with Gasteiger partial charge in [-0.3, -0.25) is 0 Å². The molecule has 0 N–H and O–H groups in total. The van der Waals surface area contributed by atoms with Gasteiger partial charge in [0.15, 0.2) is 0 Å². The highest BCUT2D eigenvalue weighted by Crippen LogP contribution is 2.25. The fourth-order valence-electron chi connectivity index (χ4n) is 0.781. The third-order valence-electron chi connectivity index (χ3n) is 1.24. The Hall–Kier alpha value is 0.600. The molecule has 1 fully saturated rings. The molecular weight excluding hydrogens is 144 g/mol. The van der Waals surface area contributed by atoms with Crippen LogP contribution in [0.25, 0.3) is 0 Å². The molecule has 0 saturated carbocycles. The lowest BCUT2D eigenvalue weighted by molar-refractivity contribution is 0.0737. The maximum atomic E-state index is 5.47. The van der Waals surface area contributed by atoms with Gasteiger partial charge in [-0.05, 0) is 40.9 Å². The lowest BCUT2D eigenvalue weighted by atomic mass is 10.2. The molecule has 3 heteroatoms. The largest absolute Gasteiger partial charge is 0.366 e. The van der Waals surface area contributed by atoms with Crippen molar-refractivity contribution in [2.45, 2.75) is 24.7 Å². The van der Waals surface area contributed by atoms with Gasteiger partial charge in [-0.1, -0.05) is 0 Å². The molecule has 0 radical (unpaired) electrons. The molecule has 48 valence electrons. The van der Waals surface area contributed by atoms with Gasteiger partial charge in [-0.15, -0.1) is 0 Å². The van der Waals surface area contributed by atoms with Crippen molar-refractivity contribution in [1.82, 2.24) is 0 Å². The van der Waals surface area contributed by atoms with Crippen LogP contribution in [0.1, 0.15) is 19.3 Å². The number of rotatable bonds is 1. The fourth-order valence-corrected chi connectivity index (χ4v) is 1.61. The number of halogens is 1. The molecule has 0 aromatic carbocycles. The summed E-state index contributed by atoms with van der Waals surface area (Å²) in [7, 11) is 6.77. The second-order valence-corrected chi connectivity index (χ2v) is 3.12. The molecule has 0 aromatic heterocycles. The van der Waals surface area contributed by atoms with Crippen molar-refractivity contribution in [3.63, 3.8) is 0 Å². The molecule has 1 atom stereocenters. The minimum absolute atomic E-state index is 0.269. The Kier molecular flexibility index (Phi) is 3.02. The third kappa shape index (κ3) is 1.84. The first kappa shape index (κ1) is 6.72. The van der Waals surface area contributed by atoms with Gasteiger partial charge < -0.3 is 4.74 Å². The Balaban J connectivity index is 2.13. The van der Waals surface area contributed by atoms with Crippen molar-refractivity contribution in [2.24, 2.45) is 0 Å². The van der Waals surface area contributed by atoms with E-state index >= 15 is 0 Å². The van der Waals surface area contributed by atoms with Gasteiger partial charge in [-0.2, -0.15) is 0 Å². The molecule has 1 unspecified atom stereocenters. The minimum atomic E-state index is 0.269. The van der Waals surface area contributed by atoms with Gasteiger partial charge >= 0.3 is 0 Å². The summed E-state index contributed by atoms with van der Waals surface area (Å²) >= 11 is 0. The highest BCUT2D eigenvalue weighted by atomic mass is 35.7. The van der Waals surface area contributed by atoms with Gasteiger partial charge in [0.05, 0.1) is 0 Å². The van der Waals surface area contributed by atoms with Crippen LogP contribution in [0.5, 0.6) is 0 Å². The summed E-state index contributed by atoms with van der Waals surface area (Å²) in [5, 5.41) is 0. The standard InChI is InChI=1S/C5H9ClOS/c6-8-5-3-1-2-4-7-5/h5H,1-4H2. The molecular formula is C5H9ClOS. The van der Waals surface area contributed by atoms with Crippen LogP contribution < -0.4 is 0 Å². The SMILES string of the molecule is ClSC1CCCCO1. The summed E-state index contributed by atoms with van der Waals surface area (Å²) in [6, 6.07) is 0. The summed E-state index contributed by atoms with van der Waals surface area (Å²) in [4.78, 5) is 0. The van der Waals surface area contributed by atoms with E-state index in [-0.39, 0.29) is 5.44 Å². The second-order valence-electron chi connectivity index (χ2n) is 1.89. The van der Waals surface area contributed by atoms with E-state index in [4.69, 9.17) is 15.4 Å². The first-order valence-corrected chi connectivity index (χ1v) is 4.53. The Labute approximate surface area is 58.2 Å². The predicted molar refractivity (Wildman–Crippen MR) is 37.0 cm³/mol. The average Bonchev–Trinajstić information content (AvgIpc) is 1.90. The van der Waals surface area contributed by atoms with Crippen LogP contribution in [-0.4, -0.2) is 12.0 Å². The normalized spacial score (nSPS) is 30.4. The number of hydrogen-bond acceptors (Lipinski definition) is 2. The fraction of sp³-hybridized carbons (Fsp3) is 1.00. The Morgan fingerprint density at radius 1 is 1.50 bits per heavy atom. The Morgan fingerprint density at radius 2 is 2.38 bits per heavy atom. The summed E-state index contributed by atoms with van der Waals surface area (Å²) in [6.07, 6.45) is 3.59. The van der Waals surface area contributed by atoms with Gasteiger partial charge in [0.25, 0.3) is 0 Å². The van der Waals surface area contributed by atoms with E-state index < -0.39 is 0 Å². The topological polar surface area (TPSA) is 9.23 Å². The first-order chi connectivity index (χ1) is 3.93. The van der Waals surface area contributed by atoms with E-state index in [1.54, 1.807) is 0 Å². The van der Waals surface area contributed by atoms with Crippen molar-refractivity contribution in [2.75, 3.05) is 6.61 Å². The number of ether oxygens (including phenoxy) is 1. The average molecular weight is 153 g/mol. The lowest BCUT2D eigenvalue weighted by Crippen LogP contribution is -2.13. The zero-order valence-corrected chi connectivity index (χ0v) is 6.17. The summed E-state index contributed by atoms with van der Waals surface area (Å²) in [6.45, 7) is 0.893. The first-order valence-electron chi connectivity index (χ1n) is 2.82. The van der Waals surface area contributed by atoms with Crippen molar-refractivity contribution < 1.29 is 4.74 Å². The van der Waals surface area contributed by atoms with Crippen LogP contribution in [0, 0.1) is 0 Å². The highest BCUT2D eigenvalue weighted by Gasteiger charge is 2.11. The van der Waals surface area contributed by atoms with Crippen LogP contribution in [0.15, 0.2) is 0 Å². The molecule has 1 saturated heterocycles. The van der Waals surface area contributed by atoms with Gasteiger partial charge in [0, 0.05) is 6.61 Å². The Morgan fingerprint density at radius 3 is 2.75 bits per heavy atom. The van der Waals surface area contributed by atoms with Gasteiger partial charge in [-0.25, -0.2) is 0 Å². The molecule has 1 aliphatic rings. The van der Waals surface area contributed by atoms with Crippen molar-refractivity contribution >= 4 is 21.7 Å². The maximum Gasteiger partial charge on any atom is 0.117 e. The van der Waals surface area contributed by atoms with Crippen LogP contribution in [0.4, 0.5) is 0 Å². The molecule has 1 aliphatic heterocycles. The molecule has 0 spiro atoms. The maximum absolute atomic E-state index is 5.47. The summed E-state index contributed by atoms with van der Waals surface area (Å²) < 4.78 is 5.26. The van der Waals surface area contributed by atoms with E-state index in [2.05, 4.69) is 0 Å². The van der Waals surface area contributed by atoms with Crippen molar-refractivity contribution in [1.29, 1.82) is 0 Å². The van der Waals surface area contributed by atoms with E-state index in [1.165, 1.54) is 23.8 Å². The zero-order valence-electron chi connectivity index (χ0n) is 4.60. The molecule has 8 heavy (non-hydrogen) atoms. The summed E-state index contributed by atoms with van der Waals surface area (Å²) in [5.41, 5.74) is 0.269. The molecule has 0 amide bonds. The number of hydrogen-bond donors (Lipinski definition) is 0. The quantitative estimate of drug-likeness (QED) is 0.571. The van der Waals surface area contributed by atoms with Crippen LogP contribution in [0.3, 0.4) is 0 Å². The third-order valence-corrected chi connectivity index (χ3v) is 2.40. The predicted octanol–water partition coefficient (Wildman–Crippen LogP) is 2.40. The zero-order chi connectivity index (χ0) is 5.82. The van der Waals surface area contributed by atoms with Crippen molar-refractivity contribution in [3.05, 3.63) is 0 Å². The molecule has 1 nitrogen and oxygen atoms in total. The Bertz CT molecular complexity index is 63.4. The van der Waals surface area contributed by atoms with Crippen LogP contribution in [-0.2, 0) is 4.74 Å². The van der Waals surface area contributed by atoms with E-state index in [0.29, 0.717) is 0 Å². The van der Waals surface area contributed by atoms with Gasteiger partial charge in [0.2, 0.25) is 0 Å². The van der Waals surface area contributed by atoms with E-state index in [9.17, 15) is 0 Å². The van der Waals surface area contributed by atoms with Crippen LogP contribution >= 0.6 is 21.7 Å². The van der Waals surface area contributed by atoms with E-state index in [0.717, 1.165) is 13.0 Å². The van der Waals surface area contributed by atoms with Gasteiger partial charge in [0.1, 0.15) is 5.44 Å². The molecule has 1 heterocycles. The molecule has 0 aliphatic carbocycles.